The first-order valence-corrected chi connectivity index (χ1v) is 5.69. The molecule has 1 aromatic carbocycles. The number of carbonyl (C=O) groups is 2. The summed E-state index contributed by atoms with van der Waals surface area (Å²) >= 11 is 0. The Hall–Kier alpha value is -2.04. The average molecular weight is 250 g/mol. The van der Waals surface area contributed by atoms with Gasteiger partial charge in [0.1, 0.15) is 6.29 Å². The third-order valence-corrected chi connectivity index (χ3v) is 2.82. The number of aldehydes is 1. The van der Waals surface area contributed by atoms with Gasteiger partial charge in [-0.2, -0.15) is 0 Å². The third-order valence-electron chi connectivity index (χ3n) is 2.82. The van der Waals surface area contributed by atoms with Gasteiger partial charge in [-0.3, -0.25) is 9.59 Å². The molecule has 2 rings (SSSR count). The lowest BCUT2D eigenvalue weighted by Gasteiger charge is -2.06. The lowest BCUT2D eigenvalue weighted by atomic mass is 10.0. The molecule has 0 amide bonds. The molecular formula is C13H14O5. The van der Waals surface area contributed by atoms with Crippen LogP contribution in [-0.2, 0) is 16.0 Å². The first-order chi connectivity index (χ1) is 8.74. The highest BCUT2D eigenvalue weighted by atomic mass is 16.7. The molecule has 0 bridgehead atoms. The van der Waals surface area contributed by atoms with E-state index in [0.29, 0.717) is 36.3 Å². The highest BCUT2D eigenvalue weighted by molar-refractivity contribution is 5.79. The van der Waals surface area contributed by atoms with E-state index in [2.05, 4.69) is 4.74 Å². The number of fused-ring (bicyclic) bond motifs is 1. The van der Waals surface area contributed by atoms with Gasteiger partial charge >= 0.3 is 5.97 Å². The van der Waals surface area contributed by atoms with Crippen molar-refractivity contribution in [2.24, 2.45) is 0 Å². The van der Waals surface area contributed by atoms with Gasteiger partial charge in [-0.1, -0.05) is 0 Å². The Morgan fingerprint density at radius 3 is 2.78 bits per heavy atom. The van der Waals surface area contributed by atoms with Gasteiger partial charge in [-0.25, -0.2) is 0 Å². The fourth-order valence-electron chi connectivity index (χ4n) is 1.85. The number of esters is 1. The number of hydrogen-bond acceptors (Lipinski definition) is 5. The molecule has 0 spiro atoms. The molecule has 5 nitrogen and oxygen atoms in total. The largest absolute Gasteiger partial charge is 0.469 e. The van der Waals surface area contributed by atoms with Crippen molar-refractivity contribution in [2.45, 2.75) is 19.3 Å². The van der Waals surface area contributed by atoms with Gasteiger partial charge in [0.05, 0.1) is 7.11 Å². The Labute approximate surface area is 105 Å². The molecule has 0 N–H and O–H groups in total. The van der Waals surface area contributed by atoms with E-state index in [-0.39, 0.29) is 12.8 Å². The molecule has 0 aromatic heterocycles. The lowest BCUT2D eigenvalue weighted by Crippen LogP contribution is -2.01. The first-order valence-electron chi connectivity index (χ1n) is 5.69. The predicted octanol–water partition coefficient (Wildman–Crippen LogP) is 1.72. The van der Waals surface area contributed by atoms with E-state index >= 15 is 0 Å². The molecule has 0 atom stereocenters. The van der Waals surface area contributed by atoms with Crippen LogP contribution in [0.3, 0.4) is 0 Å². The van der Waals surface area contributed by atoms with E-state index in [9.17, 15) is 9.59 Å². The lowest BCUT2D eigenvalue weighted by molar-refractivity contribution is -0.140. The van der Waals surface area contributed by atoms with Crippen molar-refractivity contribution in [2.75, 3.05) is 13.9 Å². The zero-order valence-corrected chi connectivity index (χ0v) is 10.1. The number of ether oxygens (including phenoxy) is 3. The molecule has 5 heteroatoms. The standard InChI is InChI=1S/C13H14O5/c1-16-13(15)4-2-3-9-5-11-12(18-8-17-11)6-10(9)7-14/h5-7H,2-4,8H2,1H3. The maximum atomic E-state index is 11.0. The van der Waals surface area contributed by atoms with Crippen LogP contribution in [0.15, 0.2) is 12.1 Å². The molecule has 1 aliphatic rings. The fourth-order valence-corrected chi connectivity index (χ4v) is 1.85. The van der Waals surface area contributed by atoms with Crippen LogP contribution in [0.2, 0.25) is 0 Å². The highest BCUT2D eigenvalue weighted by Gasteiger charge is 2.17. The zero-order chi connectivity index (χ0) is 13.0. The minimum absolute atomic E-state index is 0.180. The number of aryl methyl sites for hydroxylation is 1. The summed E-state index contributed by atoms with van der Waals surface area (Å²) in [6, 6.07) is 3.46. The maximum Gasteiger partial charge on any atom is 0.305 e. The summed E-state index contributed by atoms with van der Waals surface area (Å²) in [7, 11) is 1.36. The molecule has 1 aliphatic heterocycles. The van der Waals surface area contributed by atoms with Crippen molar-refractivity contribution in [3.63, 3.8) is 0 Å². The SMILES string of the molecule is COC(=O)CCCc1cc2c(cc1C=O)OCO2. The first kappa shape index (κ1) is 12.4. The van der Waals surface area contributed by atoms with Crippen LogP contribution in [0.1, 0.15) is 28.8 Å². The van der Waals surface area contributed by atoms with Crippen LogP contribution in [0.25, 0.3) is 0 Å². The van der Waals surface area contributed by atoms with Gasteiger partial charge in [0, 0.05) is 12.0 Å². The van der Waals surface area contributed by atoms with Gasteiger partial charge in [0.2, 0.25) is 6.79 Å². The van der Waals surface area contributed by atoms with E-state index in [0.717, 1.165) is 11.8 Å². The minimum Gasteiger partial charge on any atom is -0.469 e. The van der Waals surface area contributed by atoms with E-state index < -0.39 is 0 Å². The number of rotatable bonds is 5. The second kappa shape index (κ2) is 5.53. The van der Waals surface area contributed by atoms with Crippen molar-refractivity contribution >= 4 is 12.3 Å². The smallest absolute Gasteiger partial charge is 0.305 e. The Balaban J connectivity index is 2.07. The number of carbonyl (C=O) groups excluding carboxylic acids is 2. The van der Waals surface area contributed by atoms with Gasteiger partial charge in [0.15, 0.2) is 11.5 Å². The van der Waals surface area contributed by atoms with Crippen molar-refractivity contribution < 1.29 is 23.8 Å². The van der Waals surface area contributed by atoms with E-state index in [4.69, 9.17) is 9.47 Å². The van der Waals surface area contributed by atoms with Crippen LogP contribution in [0.4, 0.5) is 0 Å². The molecule has 1 heterocycles. The second-order valence-corrected chi connectivity index (χ2v) is 3.95. The van der Waals surface area contributed by atoms with Crippen molar-refractivity contribution in [3.05, 3.63) is 23.3 Å². The molecule has 0 aliphatic carbocycles. The highest BCUT2D eigenvalue weighted by Crippen LogP contribution is 2.34. The quantitative estimate of drug-likeness (QED) is 0.588. The van der Waals surface area contributed by atoms with Gasteiger partial charge < -0.3 is 14.2 Å². The van der Waals surface area contributed by atoms with Crippen molar-refractivity contribution in [1.82, 2.24) is 0 Å². The summed E-state index contributed by atoms with van der Waals surface area (Å²) in [5.74, 6) is 0.992. The predicted molar refractivity (Wildman–Crippen MR) is 62.9 cm³/mol. The van der Waals surface area contributed by atoms with Gasteiger partial charge in [0.25, 0.3) is 0 Å². The second-order valence-electron chi connectivity index (χ2n) is 3.95. The molecule has 0 fully saturated rings. The summed E-state index contributed by atoms with van der Waals surface area (Å²) in [5, 5.41) is 0. The van der Waals surface area contributed by atoms with Crippen molar-refractivity contribution in [1.29, 1.82) is 0 Å². The summed E-state index contributed by atoms with van der Waals surface area (Å²) in [5.41, 5.74) is 1.43. The molecular weight excluding hydrogens is 236 g/mol. The van der Waals surface area contributed by atoms with Crippen molar-refractivity contribution in [3.8, 4) is 11.5 Å². The Kier molecular flexibility index (Phi) is 3.82. The number of methoxy groups -OCH3 is 1. The molecule has 96 valence electrons. The van der Waals surface area contributed by atoms with E-state index in [1.165, 1.54) is 7.11 Å². The van der Waals surface area contributed by atoms with E-state index in [1.54, 1.807) is 12.1 Å². The monoisotopic (exact) mass is 250 g/mol. The van der Waals surface area contributed by atoms with E-state index in [1.807, 2.05) is 0 Å². The minimum atomic E-state index is -0.247. The Morgan fingerprint density at radius 1 is 1.39 bits per heavy atom. The molecule has 0 unspecified atom stereocenters. The third kappa shape index (κ3) is 2.61. The molecule has 0 radical (unpaired) electrons. The normalized spacial score (nSPS) is 12.3. The van der Waals surface area contributed by atoms with Crippen LogP contribution < -0.4 is 9.47 Å². The maximum absolute atomic E-state index is 11.0. The molecule has 1 aromatic rings. The average Bonchev–Trinajstić information content (AvgIpc) is 2.84. The van der Waals surface area contributed by atoms with Gasteiger partial charge in [-0.05, 0) is 30.5 Å². The fraction of sp³-hybridized carbons (Fsp3) is 0.385. The van der Waals surface area contributed by atoms with Gasteiger partial charge in [-0.15, -0.1) is 0 Å². The Morgan fingerprint density at radius 2 is 2.11 bits per heavy atom. The van der Waals surface area contributed by atoms with Crippen LogP contribution in [-0.4, -0.2) is 26.2 Å². The summed E-state index contributed by atoms with van der Waals surface area (Å²) < 4.78 is 15.0. The van der Waals surface area contributed by atoms with Crippen LogP contribution >= 0.6 is 0 Å². The number of benzene rings is 1. The summed E-state index contributed by atoms with van der Waals surface area (Å²) in [4.78, 5) is 22.0. The summed E-state index contributed by atoms with van der Waals surface area (Å²) in [6.07, 6.45) is 2.38. The molecule has 18 heavy (non-hydrogen) atoms. The Bertz CT molecular complexity index is 467. The number of hydrogen-bond donors (Lipinski definition) is 0. The zero-order valence-electron chi connectivity index (χ0n) is 10.1. The topological polar surface area (TPSA) is 61.8 Å². The molecule has 0 saturated carbocycles. The van der Waals surface area contributed by atoms with Crippen LogP contribution in [0.5, 0.6) is 11.5 Å². The van der Waals surface area contributed by atoms with Crippen LogP contribution in [0, 0.1) is 0 Å². The summed E-state index contributed by atoms with van der Waals surface area (Å²) in [6.45, 7) is 0.180. The molecule has 0 saturated heterocycles.